The second-order valence-corrected chi connectivity index (χ2v) is 5.44. The Kier molecular flexibility index (Phi) is 4.22. The predicted octanol–water partition coefficient (Wildman–Crippen LogP) is 0.420. The van der Waals surface area contributed by atoms with Gasteiger partial charge in [-0.2, -0.15) is 0 Å². The monoisotopic (exact) mass is 254 g/mol. The molecule has 18 heavy (non-hydrogen) atoms. The van der Waals surface area contributed by atoms with Crippen LogP contribution in [0.1, 0.15) is 44.9 Å². The molecule has 2 aliphatic rings. The van der Waals surface area contributed by atoms with Gasteiger partial charge < -0.3 is 15.3 Å². The molecule has 0 aromatic heterocycles. The minimum atomic E-state index is -0.695. The van der Waals surface area contributed by atoms with Gasteiger partial charge in [-0.15, -0.1) is 0 Å². The molecule has 0 bridgehead atoms. The third-order valence-electron chi connectivity index (χ3n) is 3.93. The van der Waals surface area contributed by atoms with Crippen molar-refractivity contribution in [2.45, 2.75) is 50.5 Å². The van der Waals surface area contributed by atoms with Gasteiger partial charge in [0.1, 0.15) is 0 Å². The molecule has 2 amide bonds. The lowest BCUT2D eigenvalue weighted by Gasteiger charge is -2.22. The molecule has 1 aliphatic carbocycles. The average molecular weight is 254 g/mol. The van der Waals surface area contributed by atoms with Crippen LogP contribution in [0.2, 0.25) is 0 Å². The van der Waals surface area contributed by atoms with E-state index < -0.39 is 5.60 Å². The van der Waals surface area contributed by atoms with Gasteiger partial charge in [0.2, 0.25) is 11.8 Å². The number of amides is 2. The number of nitrogens with zero attached hydrogens (tertiary/aromatic N) is 1. The van der Waals surface area contributed by atoms with Crippen molar-refractivity contribution in [3.63, 3.8) is 0 Å². The van der Waals surface area contributed by atoms with Gasteiger partial charge in [0.05, 0.1) is 5.60 Å². The Balaban J connectivity index is 1.64. The fourth-order valence-corrected chi connectivity index (χ4v) is 2.74. The van der Waals surface area contributed by atoms with Crippen molar-refractivity contribution in [1.29, 1.82) is 0 Å². The molecule has 1 heterocycles. The highest BCUT2D eigenvalue weighted by atomic mass is 16.3. The Morgan fingerprint density at radius 2 is 2.06 bits per heavy atom. The van der Waals surface area contributed by atoms with Crippen LogP contribution in [0.4, 0.5) is 0 Å². The minimum Gasteiger partial charge on any atom is -0.388 e. The Labute approximate surface area is 108 Å². The summed E-state index contributed by atoms with van der Waals surface area (Å²) < 4.78 is 0. The van der Waals surface area contributed by atoms with E-state index in [0.29, 0.717) is 25.9 Å². The van der Waals surface area contributed by atoms with Crippen molar-refractivity contribution >= 4 is 11.8 Å². The van der Waals surface area contributed by atoms with Crippen molar-refractivity contribution in [3.8, 4) is 0 Å². The van der Waals surface area contributed by atoms with Crippen LogP contribution in [0.15, 0.2) is 0 Å². The first-order valence-corrected chi connectivity index (χ1v) is 6.86. The summed E-state index contributed by atoms with van der Waals surface area (Å²) >= 11 is 0. The normalized spacial score (nSPS) is 22.5. The zero-order valence-corrected chi connectivity index (χ0v) is 10.8. The number of rotatable bonds is 5. The van der Waals surface area contributed by atoms with Gasteiger partial charge in [0, 0.05) is 32.5 Å². The molecule has 1 saturated carbocycles. The molecule has 0 radical (unpaired) electrons. The van der Waals surface area contributed by atoms with E-state index in [9.17, 15) is 14.7 Å². The van der Waals surface area contributed by atoms with Crippen LogP contribution in [-0.4, -0.2) is 47.1 Å². The maximum Gasteiger partial charge on any atom is 0.222 e. The molecule has 2 fully saturated rings. The lowest BCUT2D eigenvalue weighted by atomic mass is 10.0. The maximum absolute atomic E-state index is 11.6. The number of aliphatic hydroxyl groups is 1. The number of likely N-dealkylation sites (tertiary alicyclic amines) is 1. The summed E-state index contributed by atoms with van der Waals surface area (Å²) in [6.45, 7) is 1.62. The lowest BCUT2D eigenvalue weighted by Crippen LogP contribution is -2.41. The van der Waals surface area contributed by atoms with Crippen LogP contribution in [0, 0.1) is 0 Å². The third-order valence-corrected chi connectivity index (χ3v) is 3.93. The van der Waals surface area contributed by atoms with Gasteiger partial charge in [0.15, 0.2) is 0 Å². The van der Waals surface area contributed by atoms with Crippen LogP contribution in [0.3, 0.4) is 0 Å². The summed E-state index contributed by atoms with van der Waals surface area (Å²) in [5.74, 6) is 0.0762. The first kappa shape index (κ1) is 13.3. The van der Waals surface area contributed by atoms with Crippen molar-refractivity contribution in [1.82, 2.24) is 10.2 Å². The lowest BCUT2D eigenvalue weighted by molar-refractivity contribution is -0.128. The Morgan fingerprint density at radius 3 is 2.67 bits per heavy atom. The second-order valence-electron chi connectivity index (χ2n) is 5.44. The van der Waals surface area contributed by atoms with Gasteiger partial charge in [0.25, 0.3) is 0 Å². The quantitative estimate of drug-likeness (QED) is 0.747. The molecule has 0 aromatic carbocycles. The summed E-state index contributed by atoms with van der Waals surface area (Å²) in [6.07, 6.45) is 5.47. The summed E-state index contributed by atoms with van der Waals surface area (Å²) in [5, 5.41) is 12.9. The molecule has 0 aromatic rings. The van der Waals surface area contributed by atoms with Crippen molar-refractivity contribution in [2.24, 2.45) is 0 Å². The van der Waals surface area contributed by atoms with Crippen LogP contribution < -0.4 is 5.32 Å². The number of carbonyl (C=O) groups excluding carboxylic acids is 2. The van der Waals surface area contributed by atoms with E-state index in [0.717, 1.165) is 38.6 Å². The van der Waals surface area contributed by atoms with Crippen molar-refractivity contribution < 1.29 is 14.7 Å². The molecular weight excluding hydrogens is 232 g/mol. The largest absolute Gasteiger partial charge is 0.388 e. The number of hydrogen-bond acceptors (Lipinski definition) is 3. The highest BCUT2D eigenvalue weighted by Crippen LogP contribution is 2.28. The minimum absolute atomic E-state index is 0.0741. The number of carbonyl (C=O) groups is 2. The summed E-state index contributed by atoms with van der Waals surface area (Å²) in [7, 11) is 0. The molecule has 0 spiro atoms. The molecule has 0 atom stereocenters. The van der Waals surface area contributed by atoms with E-state index in [2.05, 4.69) is 5.32 Å². The van der Waals surface area contributed by atoms with Crippen LogP contribution >= 0.6 is 0 Å². The number of nitrogens with one attached hydrogen (secondary N) is 1. The first-order chi connectivity index (χ1) is 8.59. The second kappa shape index (κ2) is 5.69. The van der Waals surface area contributed by atoms with Gasteiger partial charge in [-0.05, 0) is 19.3 Å². The maximum atomic E-state index is 11.6. The van der Waals surface area contributed by atoms with Gasteiger partial charge in [-0.1, -0.05) is 12.8 Å². The van der Waals surface area contributed by atoms with E-state index in [1.807, 2.05) is 0 Å². The zero-order valence-electron chi connectivity index (χ0n) is 10.8. The van der Waals surface area contributed by atoms with Crippen LogP contribution in [0.25, 0.3) is 0 Å². The number of hydrogen-bond donors (Lipinski definition) is 2. The first-order valence-electron chi connectivity index (χ1n) is 6.86. The summed E-state index contributed by atoms with van der Waals surface area (Å²) in [4.78, 5) is 24.7. The Hall–Kier alpha value is -1.10. The summed E-state index contributed by atoms with van der Waals surface area (Å²) in [5.41, 5.74) is -0.695. The molecule has 1 aliphatic heterocycles. The van der Waals surface area contributed by atoms with Gasteiger partial charge in [-0.25, -0.2) is 0 Å². The molecule has 2 rings (SSSR count). The SMILES string of the molecule is O=C(CCN1CCCC1=O)NCC1(O)CCCC1. The highest BCUT2D eigenvalue weighted by molar-refractivity contribution is 5.80. The third kappa shape index (κ3) is 3.45. The van der Waals surface area contributed by atoms with E-state index >= 15 is 0 Å². The Bertz CT molecular complexity index is 324. The molecule has 1 saturated heterocycles. The molecule has 0 unspecified atom stereocenters. The molecule has 5 nitrogen and oxygen atoms in total. The van der Waals surface area contributed by atoms with Gasteiger partial charge in [-0.3, -0.25) is 9.59 Å². The van der Waals surface area contributed by atoms with Gasteiger partial charge >= 0.3 is 0 Å². The highest BCUT2D eigenvalue weighted by Gasteiger charge is 2.31. The van der Waals surface area contributed by atoms with Crippen molar-refractivity contribution in [3.05, 3.63) is 0 Å². The van der Waals surface area contributed by atoms with E-state index in [-0.39, 0.29) is 11.8 Å². The zero-order chi connectivity index (χ0) is 13.0. The molecule has 102 valence electrons. The van der Waals surface area contributed by atoms with E-state index in [4.69, 9.17) is 0 Å². The average Bonchev–Trinajstić information content (AvgIpc) is 2.94. The van der Waals surface area contributed by atoms with Crippen molar-refractivity contribution in [2.75, 3.05) is 19.6 Å². The topological polar surface area (TPSA) is 69.6 Å². The summed E-state index contributed by atoms with van der Waals surface area (Å²) in [6, 6.07) is 0. The molecule has 5 heteroatoms. The fourth-order valence-electron chi connectivity index (χ4n) is 2.74. The van der Waals surface area contributed by atoms with E-state index in [1.54, 1.807) is 4.90 Å². The molecule has 2 N–H and O–H groups in total. The van der Waals surface area contributed by atoms with E-state index in [1.165, 1.54) is 0 Å². The molecular formula is C13H22N2O3. The fraction of sp³-hybridized carbons (Fsp3) is 0.846. The van der Waals surface area contributed by atoms with Crippen LogP contribution in [-0.2, 0) is 9.59 Å². The Morgan fingerprint density at radius 1 is 1.33 bits per heavy atom. The predicted molar refractivity (Wildman–Crippen MR) is 66.9 cm³/mol. The smallest absolute Gasteiger partial charge is 0.222 e. The van der Waals surface area contributed by atoms with Crippen LogP contribution in [0.5, 0.6) is 0 Å². The standard InChI is InChI=1S/C13H22N2O3/c16-11(5-9-15-8-3-4-12(15)17)14-10-13(18)6-1-2-7-13/h18H,1-10H2,(H,14,16).